The zero-order chi connectivity index (χ0) is 33.3. The molecule has 0 saturated carbocycles. The van der Waals surface area contributed by atoms with Crippen LogP contribution in [0.5, 0.6) is 0 Å². The van der Waals surface area contributed by atoms with Gasteiger partial charge in [0.1, 0.15) is 18.1 Å². The average Bonchev–Trinajstić information content (AvgIpc) is 2.96. The van der Waals surface area contributed by atoms with Crippen molar-refractivity contribution in [2.45, 2.75) is 84.5 Å². The molecule has 6 N–H and O–H groups in total. The summed E-state index contributed by atoms with van der Waals surface area (Å²) in [5.74, 6) is -7.59. The standard InChI is InChI=1S/C28H40N4O9.C2H4/c1-6-16(4)22(29-17(5)33)27(39)30-19(12-13-21(34)35)25(37)31-20(14-18-10-8-7-9-11-18)26(38)32-23(28(40)41)24(36)15(2)3;1-2/h7-11,15-16,19-20,22-23H,6,12-14H2,1-5H3,(H,29,33)(H,30,39)(H,31,37)(H,32,38)(H,34,35)(H,40,41);1-2H2/t16-,19?,20?,22?,23?;/m0./s1. The van der Waals surface area contributed by atoms with E-state index in [9.17, 15) is 43.8 Å². The summed E-state index contributed by atoms with van der Waals surface area (Å²) in [6.45, 7) is 13.7. The Morgan fingerprint density at radius 1 is 0.791 bits per heavy atom. The summed E-state index contributed by atoms with van der Waals surface area (Å²) in [5.41, 5.74) is 0.601. The first-order valence-electron chi connectivity index (χ1n) is 13.9. The number of Topliss-reactive ketones (excluding diaryl/α,β-unsaturated/α-hetero) is 1. The number of ketones is 1. The molecule has 1 aromatic rings. The molecule has 0 heterocycles. The molecule has 13 heteroatoms. The maximum absolute atomic E-state index is 13.4. The van der Waals surface area contributed by atoms with Crippen molar-refractivity contribution in [3.05, 3.63) is 49.1 Å². The Hall–Kier alpha value is -4.55. The molecule has 1 aromatic carbocycles. The summed E-state index contributed by atoms with van der Waals surface area (Å²) < 4.78 is 0. The van der Waals surface area contributed by atoms with Crippen LogP contribution in [-0.4, -0.2) is 75.7 Å². The number of carbonyl (C=O) groups excluding carboxylic acids is 5. The van der Waals surface area contributed by atoms with Gasteiger partial charge in [-0.15, -0.1) is 13.2 Å². The highest BCUT2D eigenvalue weighted by Gasteiger charge is 2.35. The summed E-state index contributed by atoms with van der Waals surface area (Å²) in [5, 5.41) is 28.4. The number of carbonyl (C=O) groups is 7. The van der Waals surface area contributed by atoms with Gasteiger partial charge in [0, 0.05) is 25.7 Å². The largest absolute Gasteiger partial charge is 0.481 e. The van der Waals surface area contributed by atoms with E-state index in [0.29, 0.717) is 12.0 Å². The van der Waals surface area contributed by atoms with Crippen LogP contribution in [0.2, 0.25) is 0 Å². The van der Waals surface area contributed by atoms with E-state index in [4.69, 9.17) is 0 Å². The summed E-state index contributed by atoms with van der Waals surface area (Å²) in [4.78, 5) is 86.7. The summed E-state index contributed by atoms with van der Waals surface area (Å²) >= 11 is 0. The maximum Gasteiger partial charge on any atom is 0.334 e. The molecular formula is C30H44N4O9. The molecule has 0 aliphatic rings. The molecule has 0 aliphatic heterocycles. The van der Waals surface area contributed by atoms with Gasteiger partial charge in [0.15, 0.2) is 11.8 Å². The highest BCUT2D eigenvalue weighted by molar-refractivity contribution is 6.06. The Kier molecular flexibility index (Phi) is 17.5. The van der Waals surface area contributed by atoms with Gasteiger partial charge in [-0.25, -0.2) is 4.79 Å². The summed E-state index contributed by atoms with van der Waals surface area (Å²) in [6.07, 6.45) is -0.402. The van der Waals surface area contributed by atoms with Crippen LogP contribution in [0.4, 0.5) is 0 Å². The van der Waals surface area contributed by atoms with Crippen molar-refractivity contribution >= 4 is 41.4 Å². The summed E-state index contributed by atoms with van der Waals surface area (Å²) in [6, 6.07) is 2.84. The highest BCUT2D eigenvalue weighted by Crippen LogP contribution is 2.11. The molecule has 5 atom stereocenters. The third kappa shape index (κ3) is 13.8. The molecule has 238 valence electrons. The van der Waals surface area contributed by atoms with Gasteiger partial charge < -0.3 is 31.5 Å². The quantitative estimate of drug-likeness (QED) is 0.111. The topological polar surface area (TPSA) is 208 Å². The molecular weight excluding hydrogens is 560 g/mol. The minimum Gasteiger partial charge on any atom is -0.481 e. The van der Waals surface area contributed by atoms with Crippen molar-refractivity contribution in [3.8, 4) is 0 Å². The van der Waals surface area contributed by atoms with E-state index in [0.717, 1.165) is 0 Å². The monoisotopic (exact) mass is 604 g/mol. The molecule has 1 rings (SSSR count). The van der Waals surface area contributed by atoms with Crippen LogP contribution in [-0.2, 0) is 40.0 Å². The number of nitrogens with one attached hydrogen (secondary N) is 4. The van der Waals surface area contributed by atoms with E-state index in [1.54, 1.807) is 37.3 Å². The normalized spacial score (nSPS) is 13.9. The van der Waals surface area contributed by atoms with Gasteiger partial charge in [-0.05, 0) is 17.9 Å². The molecule has 43 heavy (non-hydrogen) atoms. The molecule has 0 radical (unpaired) electrons. The molecule has 0 aliphatic carbocycles. The fraction of sp³-hybridized carbons (Fsp3) is 0.500. The van der Waals surface area contributed by atoms with E-state index < -0.39 is 77.9 Å². The van der Waals surface area contributed by atoms with Gasteiger partial charge in [-0.2, -0.15) is 0 Å². The number of hydrogen-bond donors (Lipinski definition) is 6. The molecule has 4 unspecified atom stereocenters. The first-order chi connectivity index (χ1) is 20.2. The lowest BCUT2D eigenvalue weighted by Gasteiger charge is -2.27. The van der Waals surface area contributed by atoms with Crippen LogP contribution in [0.1, 0.15) is 59.4 Å². The van der Waals surface area contributed by atoms with Crippen LogP contribution in [0.3, 0.4) is 0 Å². The second kappa shape index (κ2) is 19.5. The predicted molar refractivity (Wildman–Crippen MR) is 159 cm³/mol. The first-order valence-corrected chi connectivity index (χ1v) is 13.9. The molecule has 0 bridgehead atoms. The van der Waals surface area contributed by atoms with Gasteiger partial charge in [-0.1, -0.05) is 64.4 Å². The highest BCUT2D eigenvalue weighted by atomic mass is 16.4. The third-order valence-corrected chi connectivity index (χ3v) is 6.44. The van der Waals surface area contributed by atoms with Crippen LogP contribution in [0, 0.1) is 11.8 Å². The zero-order valence-corrected chi connectivity index (χ0v) is 25.3. The fourth-order valence-corrected chi connectivity index (χ4v) is 3.88. The Morgan fingerprint density at radius 3 is 1.79 bits per heavy atom. The molecule has 4 amide bonds. The number of aliphatic carboxylic acids is 2. The molecule has 0 fully saturated rings. The Balaban J connectivity index is 0.00000862. The summed E-state index contributed by atoms with van der Waals surface area (Å²) in [7, 11) is 0. The van der Waals surface area contributed by atoms with Crippen LogP contribution >= 0.6 is 0 Å². The number of benzene rings is 1. The van der Waals surface area contributed by atoms with E-state index in [1.165, 1.54) is 20.8 Å². The van der Waals surface area contributed by atoms with E-state index >= 15 is 0 Å². The lowest BCUT2D eigenvalue weighted by atomic mass is 9.97. The average molecular weight is 605 g/mol. The zero-order valence-electron chi connectivity index (χ0n) is 25.3. The lowest BCUT2D eigenvalue weighted by molar-refractivity contribution is -0.147. The van der Waals surface area contributed by atoms with E-state index in [-0.39, 0.29) is 18.8 Å². The molecule has 13 nitrogen and oxygen atoms in total. The van der Waals surface area contributed by atoms with Crippen LogP contribution < -0.4 is 21.3 Å². The first kappa shape index (κ1) is 38.5. The Labute approximate surface area is 251 Å². The van der Waals surface area contributed by atoms with Gasteiger partial charge in [-0.3, -0.25) is 28.8 Å². The molecule has 0 aromatic heterocycles. The molecule has 0 saturated heterocycles. The van der Waals surface area contributed by atoms with Crippen molar-refractivity contribution in [2.75, 3.05) is 0 Å². The Bertz CT molecular complexity index is 1120. The van der Waals surface area contributed by atoms with Crippen molar-refractivity contribution in [2.24, 2.45) is 11.8 Å². The van der Waals surface area contributed by atoms with Crippen molar-refractivity contribution in [1.29, 1.82) is 0 Å². The second-order valence-corrected chi connectivity index (χ2v) is 10.1. The second-order valence-electron chi connectivity index (χ2n) is 10.1. The van der Waals surface area contributed by atoms with Gasteiger partial charge in [0.2, 0.25) is 23.6 Å². The number of amides is 4. The lowest BCUT2D eigenvalue weighted by Crippen LogP contribution is -2.59. The number of carboxylic acid groups (broad SMARTS) is 2. The third-order valence-electron chi connectivity index (χ3n) is 6.44. The van der Waals surface area contributed by atoms with Crippen molar-refractivity contribution < 1.29 is 43.8 Å². The molecule has 0 spiro atoms. The minimum atomic E-state index is -1.85. The van der Waals surface area contributed by atoms with Crippen molar-refractivity contribution in [1.82, 2.24) is 21.3 Å². The van der Waals surface area contributed by atoms with Crippen molar-refractivity contribution in [3.63, 3.8) is 0 Å². The number of carboxylic acids is 2. The van der Waals surface area contributed by atoms with Gasteiger partial charge in [0.25, 0.3) is 0 Å². The van der Waals surface area contributed by atoms with Crippen LogP contribution in [0.25, 0.3) is 0 Å². The smallest absolute Gasteiger partial charge is 0.334 e. The number of rotatable bonds is 17. The Morgan fingerprint density at radius 2 is 1.33 bits per heavy atom. The number of hydrogen-bond acceptors (Lipinski definition) is 7. The van der Waals surface area contributed by atoms with Crippen LogP contribution in [0.15, 0.2) is 43.5 Å². The van der Waals surface area contributed by atoms with E-state index in [1.807, 2.05) is 6.92 Å². The van der Waals surface area contributed by atoms with Gasteiger partial charge in [0.05, 0.1) is 0 Å². The van der Waals surface area contributed by atoms with Gasteiger partial charge >= 0.3 is 11.9 Å². The SMILES string of the molecule is C=C.CC[C@H](C)C(NC(C)=O)C(=O)NC(CCC(=O)O)C(=O)NC(Cc1ccccc1)C(=O)NC(C(=O)O)C(=O)C(C)C. The fourth-order valence-electron chi connectivity index (χ4n) is 3.88. The predicted octanol–water partition coefficient (Wildman–Crippen LogP) is 1.21. The minimum absolute atomic E-state index is 0.0956. The van der Waals surface area contributed by atoms with E-state index in [2.05, 4.69) is 34.4 Å². The maximum atomic E-state index is 13.4.